The Labute approximate surface area is 327 Å². The summed E-state index contributed by atoms with van der Waals surface area (Å²) < 4.78 is 62.1. The molecule has 29 heteroatoms. The standard InChI is InChI=1S/C28H41N8O17P3S/c1-28(2,22(39)25(40)32-8-7-18(37)31-9-10-57-27(41)15-3-5-16(29)6-4-15)12-50-56(47,48)53-55(45,46)49-11-17-21(52-54(42,43)44)20(38)26(51-17)36-14-35-19-23(30)33-13-34-24(19)36/h3-6,13-14,17,20-22,26,38-39H,7-12,29H2,1-2H3,(H,31,37)(H,32,40)(H,45,46)(H,47,48)(H2,30,33,34)(H2,42,43,44)/t17-,20-,21-,22+,26-/m1/s1. The number of aromatic nitrogens is 4. The van der Waals surface area contributed by atoms with Crippen molar-refractivity contribution < 1.29 is 80.5 Å². The van der Waals surface area contributed by atoms with Crippen molar-refractivity contribution in [2.24, 2.45) is 5.41 Å². The molecule has 2 amide bonds. The van der Waals surface area contributed by atoms with Gasteiger partial charge in [-0.2, -0.15) is 4.31 Å². The van der Waals surface area contributed by atoms with Crippen LogP contribution in [-0.2, 0) is 45.9 Å². The number of nitrogens with zero attached hydrogens (tertiary/aromatic N) is 4. The second-order valence-electron chi connectivity index (χ2n) is 12.8. The smallest absolute Gasteiger partial charge is 0.399 e. The van der Waals surface area contributed by atoms with Crippen molar-refractivity contribution >= 4 is 74.8 Å². The highest BCUT2D eigenvalue weighted by atomic mass is 32.2. The Bertz CT molecular complexity index is 2050. The first-order valence-electron chi connectivity index (χ1n) is 16.4. The van der Waals surface area contributed by atoms with Crippen LogP contribution in [0.25, 0.3) is 11.2 Å². The molecule has 0 bridgehead atoms. The number of nitrogen functional groups attached to an aromatic ring is 2. The summed E-state index contributed by atoms with van der Waals surface area (Å²) in [4.78, 5) is 87.8. The molecule has 1 fully saturated rings. The number of anilines is 2. The van der Waals surface area contributed by atoms with Gasteiger partial charge in [-0.25, -0.2) is 28.6 Å². The van der Waals surface area contributed by atoms with Crippen molar-refractivity contribution in [3.05, 3.63) is 42.5 Å². The maximum absolute atomic E-state index is 12.7. The second-order valence-corrected chi connectivity index (χ2v) is 18.1. The van der Waals surface area contributed by atoms with Gasteiger partial charge in [0.2, 0.25) is 16.9 Å². The number of phosphoric ester groups is 3. The van der Waals surface area contributed by atoms with E-state index in [0.29, 0.717) is 11.3 Å². The predicted octanol–water partition coefficient (Wildman–Crippen LogP) is -0.439. The van der Waals surface area contributed by atoms with E-state index in [0.717, 1.165) is 29.0 Å². The Balaban J connectivity index is 1.23. The van der Waals surface area contributed by atoms with E-state index in [1.54, 1.807) is 24.3 Å². The SMILES string of the molecule is CC(C)(COP(=O)(O)OP(=O)(O)OC[C@H]1O[C@@H](n2cnc3c(N)ncnc32)[C@H](O)[C@@H]1OP(=O)(O)O)[C@@H](O)C(=O)NCCC(=O)NCCSC(=O)c1ccc(N)cc1. The van der Waals surface area contributed by atoms with E-state index in [2.05, 4.69) is 34.4 Å². The number of nitrogens with two attached hydrogens (primary N) is 2. The first-order valence-corrected chi connectivity index (χ1v) is 21.9. The van der Waals surface area contributed by atoms with Gasteiger partial charge in [-0.1, -0.05) is 25.6 Å². The Hall–Kier alpha value is -3.42. The minimum atomic E-state index is -5.58. The van der Waals surface area contributed by atoms with E-state index in [-0.39, 0.29) is 47.4 Å². The lowest BCUT2D eigenvalue weighted by atomic mass is 9.87. The summed E-state index contributed by atoms with van der Waals surface area (Å²) in [6.45, 7) is 0.390. The Morgan fingerprint density at radius 2 is 1.67 bits per heavy atom. The van der Waals surface area contributed by atoms with Crippen molar-refractivity contribution in [3.63, 3.8) is 0 Å². The molecule has 57 heavy (non-hydrogen) atoms. The lowest BCUT2D eigenvalue weighted by molar-refractivity contribution is -0.137. The highest BCUT2D eigenvalue weighted by Gasteiger charge is 2.50. The number of carbonyl (C=O) groups is 3. The molecule has 1 aliphatic rings. The van der Waals surface area contributed by atoms with Crippen LogP contribution in [0.2, 0.25) is 0 Å². The summed E-state index contributed by atoms with van der Waals surface area (Å²) >= 11 is 0.988. The predicted molar refractivity (Wildman–Crippen MR) is 197 cm³/mol. The van der Waals surface area contributed by atoms with Gasteiger partial charge in [-0.15, -0.1) is 0 Å². The highest BCUT2D eigenvalue weighted by molar-refractivity contribution is 8.14. The summed E-state index contributed by atoms with van der Waals surface area (Å²) in [5, 5.41) is 26.1. The van der Waals surface area contributed by atoms with Gasteiger partial charge in [0, 0.05) is 41.9 Å². The van der Waals surface area contributed by atoms with Crippen molar-refractivity contribution in [2.45, 2.75) is 50.9 Å². The molecule has 3 aromatic rings. The van der Waals surface area contributed by atoms with Gasteiger partial charge in [0.25, 0.3) is 0 Å². The highest BCUT2D eigenvalue weighted by Crippen LogP contribution is 2.61. The van der Waals surface area contributed by atoms with Crippen LogP contribution in [0.1, 0.15) is 36.9 Å². The Kier molecular flexibility index (Phi) is 15.5. The molecule has 12 N–H and O–H groups in total. The fourth-order valence-corrected chi connectivity index (χ4v) is 8.50. The number of aliphatic hydroxyl groups is 2. The van der Waals surface area contributed by atoms with E-state index in [1.165, 1.54) is 13.8 Å². The number of fused-ring (bicyclic) bond motifs is 1. The number of phosphoric acid groups is 3. The first kappa shape index (κ1) is 46.3. The van der Waals surface area contributed by atoms with E-state index >= 15 is 0 Å². The van der Waals surface area contributed by atoms with Crippen molar-refractivity contribution in [1.82, 2.24) is 30.2 Å². The Morgan fingerprint density at radius 1 is 1.00 bits per heavy atom. The molecule has 25 nitrogen and oxygen atoms in total. The van der Waals surface area contributed by atoms with Crippen LogP contribution in [0.4, 0.5) is 11.5 Å². The monoisotopic (exact) mass is 886 g/mol. The summed E-state index contributed by atoms with van der Waals surface area (Å²) in [5.41, 5.74) is 10.8. The molecule has 2 unspecified atom stereocenters. The maximum Gasteiger partial charge on any atom is 0.481 e. The number of aliphatic hydroxyl groups excluding tert-OH is 2. The lowest BCUT2D eigenvalue weighted by Gasteiger charge is -2.30. The molecule has 1 aliphatic heterocycles. The minimum absolute atomic E-state index is 0.0268. The number of rotatable bonds is 20. The van der Waals surface area contributed by atoms with E-state index in [9.17, 15) is 57.9 Å². The van der Waals surface area contributed by atoms with Crippen LogP contribution >= 0.6 is 35.2 Å². The van der Waals surface area contributed by atoms with Gasteiger partial charge in [0.15, 0.2) is 17.7 Å². The molecule has 1 aromatic carbocycles. The molecule has 316 valence electrons. The van der Waals surface area contributed by atoms with E-state index in [1.807, 2.05) is 0 Å². The number of hydrogen-bond acceptors (Lipinski definition) is 19. The molecular formula is C28H41N8O17P3S. The molecule has 4 rings (SSSR count). The van der Waals surface area contributed by atoms with Crippen molar-refractivity contribution in [3.8, 4) is 0 Å². The number of benzene rings is 1. The molecule has 0 saturated carbocycles. The third kappa shape index (κ3) is 13.3. The number of hydrogen-bond donors (Lipinski definition) is 10. The quantitative estimate of drug-likeness (QED) is 0.0390. The first-order chi connectivity index (χ1) is 26.5. The van der Waals surface area contributed by atoms with Crippen LogP contribution in [0.3, 0.4) is 0 Å². The molecular weight excluding hydrogens is 845 g/mol. The molecule has 1 saturated heterocycles. The average Bonchev–Trinajstić information content (AvgIpc) is 3.68. The van der Waals surface area contributed by atoms with Gasteiger partial charge < -0.3 is 56.6 Å². The average molecular weight is 887 g/mol. The third-order valence-corrected chi connectivity index (χ3v) is 11.9. The Morgan fingerprint density at radius 3 is 2.33 bits per heavy atom. The fourth-order valence-electron chi connectivity index (χ4n) is 4.98. The lowest BCUT2D eigenvalue weighted by Crippen LogP contribution is -2.46. The van der Waals surface area contributed by atoms with E-state index < -0.39 is 84.6 Å². The molecule has 0 radical (unpaired) electrons. The molecule has 2 aromatic heterocycles. The molecule has 0 spiro atoms. The zero-order chi connectivity index (χ0) is 42.3. The van der Waals surface area contributed by atoms with Gasteiger partial charge in [-0.05, 0) is 24.3 Å². The van der Waals surface area contributed by atoms with Crippen LogP contribution in [0.5, 0.6) is 0 Å². The third-order valence-electron chi connectivity index (χ3n) is 7.88. The summed E-state index contributed by atoms with van der Waals surface area (Å²) in [6.07, 6.45) is -6.98. The topological polar surface area (TPSA) is 390 Å². The van der Waals surface area contributed by atoms with E-state index in [4.69, 9.17) is 25.3 Å². The fraction of sp³-hybridized carbons (Fsp3) is 0.500. The summed E-state index contributed by atoms with van der Waals surface area (Å²) in [7, 11) is -16.4. The minimum Gasteiger partial charge on any atom is -0.399 e. The van der Waals surface area contributed by atoms with Gasteiger partial charge >= 0.3 is 23.5 Å². The van der Waals surface area contributed by atoms with Gasteiger partial charge in [0.1, 0.15) is 36.3 Å². The second kappa shape index (κ2) is 19.1. The zero-order valence-corrected chi connectivity index (χ0v) is 33.5. The number of thioether (sulfide) groups is 1. The molecule has 3 heterocycles. The number of imidazole rings is 1. The van der Waals surface area contributed by atoms with Crippen LogP contribution in [0, 0.1) is 5.41 Å². The molecule has 0 aliphatic carbocycles. The van der Waals surface area contributed by atoms with Gasteiger partial charge in [-0.3, -0.25) is 32.5 Å². The van der Waals surface area contributed by atoms with Crippen LogP contribution < -0.4 is 22.1 Å². The molecule has 7 atom stereocenters. The zero-order valence-electron chi connectivity index (χ0n) is 30.0. The van der Waals surface area contributed by atoms with Gasteiger partial charge in [0.05, 0.1) is 19.5 Å². The van der Waals surface area contributed by atoms with Crippen molar-refractivity contribution in [1.29, 1.82) is 0 Å². The number of carbonyl (C=O) groups excluding carboxylic acids is 3. The summed E-state index contributed by atoms with van der Waals surface area (Å²) in [6, 6.07) is 6.35. The number of amides is 2. The van der Waals surface area contributed by atoms with Crippen LogP contribution in [-0.4, -0.2) is 123 Å². The maximum atomic E-state index is 12.7. The number of ether oxygens (including phenoxy) is 1. The normalized spacial score (nSPS) is 21.4. The largest absolute Gasteiger partial charge is 0.481 e. The summed E-state index contributed by atoms with van der Waals surface area (Å²) in [5.74, 6) is -1.23. The van der Waals surface area contributed by atoms with Crippen molar-refractivity contribution in [2.75, 3.05) is 43.5 Å². The van der Waals surface area contributed by atoms with Crippen LogP contribution in [0.15, 0.2) is 36.9 Å². The number of nitrogens with one attached hydrogen (secondary N) is 2.